The molecule has 0 spiro atoms. The summed E-state index contributed by atoms with van der Waals surface area (Å²) in [6.45, 7) is 1.80. The smallest absolute Gasteiger partial charge is 0.339 e. The van der Waals surface area contributed by atoms with E-state index in [9.17, 15) is 13.8 Å². The minimum absolute atomic E-state index is 0.102. The van der Waals surface area contributed by atoms with Crippen molar-refractivity contribution in [1.82, 2.24) is 0 Å². The minimum atomic E-state index is -1.36. The Bertz CT molecular complexity index is 783. The lowest BCUT2D eigenvalue weighted by Crippen LogP contribution is -2.16. The average Bonchev–Trinajstić information content (AvgIpc) is 2.62. The molecule has 0 aliphatic heterocycles. The van der Waals surface area contributed by atoms with E-state index in [0.717, 1.165) is 5.56 Å². The topological polar surface area (TPSA) is 69.7 Å². The van der Waals surface area contributed by atoms with Gasteiger partial charge in [-0.3, -0.25) is 4.21 Å². The molecule has 126 valence electrons. The summed E-state index contributed by atoms with van der Waals surface area (Å²) in [6.07, 6.45) is 0. The van der Waals surface area contributed by atoms with Gasteiger partial charge < -0.3 is 9.47 Å². The van der Waals surface area contributed by atoms with Gasteiger partial charge in [-0.1, -0.05) is 24.3 Å². The van der Waals surface area contributed by atoms with Gasteiger partial charge in [0.05, 0.1) is 41.9 Å². The molecule has 0 aromatic heterocycles. The number of carbonyl (C=O) groups is 2. The van der Waals surface area contributed by atoms with Crippen LogP contribution in [-0.2, 0) is 26.0 Å². The first-order valence-electron chi connectivity index (χ1n) is 7.22. The fourth-order valence-corrected chi connectivity index (χ4v) is 3.60. The maximum atomic E-state index is 12.6. The minimum Gasteiger partial charge on any atom is -0.465 e. The standard InChI is InChI=1S/C18H18O5S/c1-12-9-10-14(17(19)22-2)16(18(20)23-3)15(12)11-24(21)13-7-5-4-6-8-13/h4-10H,11H2,1-3H3. The van der Waals surface area contributed by atoms with Crippen LogP contribution in [0, 0.1) is 6.92 Å². The molecule has 0 saturated carbocycles. The van der Waals surface area contributed by atoms with Crippen LogP contribution in [0.2, 0.25) is 0 Å². The summed E-state index contributed by atoms with van der Waals surface area (Å²) in [4.78, 5) is 24.8. The molecule has 0 amide bonds. The van der Waals surface area contributed by atoms with Crippen LogP contribution in [0.5, 0.6) is 0 Å². The van der Waals surface area contributed by atoms with Gasteiger partial charge >= 0.3 is 11.9 Å². The Kier molecular flexibility index (Phi) is 5.87. The molecule has 0 heterocycles. The third kappa shape index (κ3) is 3.71. The Labute approximate surface area is 143 Å². The molecular weight excluding hydrogens is 328 g/mol. The molecule has 2 aromatic rings. The number of aryl methyl sites for hydroxylation is 1. The lowest BCUT2D eigenvalue weighted by Gasteiger charge is -2.14. The van der Waals surface area contributed by atoms with Crippen molar-refractivity contribution < 1.29 is 23.3 Å². The van der Waals surface area contributed by atoms with E-state index in [4.69, 9.17) is 9.47 Å². The Morgan fingerprint density at radius 2 is 1.58 bits per heavy atom. The normalized spacial score (nSPS) is 11.6. The van der Waals surface area contributed by atoms with Gasteiger partial charge in [0.15, 0.2) is 0 Å². The molecule has 1 unspecified atom stereocenters. The molecule has 24 heavy (non-hydrogen) atoms. The first-order valence-corrected chi connectivity index (χ1v) is 8.54. The highest BCUT2D eigenvalue weighted by Crippen LogP contribution is 2.24. The van der Waals surface area contributed by atoms with Gasteiger partial charge in [0.1, 0.15) is 0 Å². The highest BCUT2D eigenvalue weighted by atomic mass is 32.2. The maximum absolute atomic E-state index is 12.6. The van der Waals surface area contributed by atoms with Crippen LogP contribution in [-0.4, -0.2) is 30.4 Å². The predicted octanol–water partition coefficient (Wildman–Crippen LogP) is 2.88. The van der Waals surface area contributed by atoms with Crippen LogP contribution in [0.25, 0.3) is 0 Å². The van der Waals surface area contributed by atoms with E-state index >= 15 is 0 Å². The number of hydrogen-bond acceptors (Lipinski definition) is 5. The number of esters is 2. The van der Waals surface area contributed by atoms with Crippen molar-refractivity contribution in [3.05, 3.63) is 64.7 Å². The number of methoxy groups -OCH3 is 2. The van der Waals surface area contributed by atoms with Gasteiger partial charge in [-0.15, -0.1) is 0 Å². The first-order chi connectivity index (χ1) is 11.5. The molecule has 0 bridgehead atoms. The summed E-state index contributed by atoms with van der Waals surface area (Å²) in [5.74, 6) is -1.19. The summed E-state index contributed by atoms with van der Waals surface area (Å²) < 4.78 is 22.2. The van der Waals surface area contributed by atoms with E-state index in [1.165, 1.54) is 20.3 Å². The monoisotopic (exact) mass is 346 g/mol. The average molecular weight is 346 g/mol. The van der Waals surface area contributed by atoms with Crippen LogP contribution in [0.15, 0.2) is 47.4 Å². The van der Waals surface area contributed by atoms with Crippen LogP contribution in [0.3, 0.4) is 0 Å². The molecule has 2 aromatic carbocycles. The highest BCUT2D eigenvalue weighted by Gasteiger charge is 2.24. The van der Waals surface area contributed by atoms with Crippen molar-refractivity contribution in [2.75, 3.05) is 14.2 Å². The number of benzene rings is 2. The van der Waals surface area contributed by atoms with Crippen molar-refractivity contribution in [1.29, 1.82) is 0 Å². The van der Waals surface area contributed by atoms with Gasteiger partial charge in [-0.25, -0.2) is 9.59 Å². The lowest BCUT2D eigenvalue weighted by atomic mass is 9.97. The summed E-state index contributed by atoms with van der Waals surface area (Å²) >= 11 is 0. The second kappa shape index (κ2) is 7.88. The molecular formula is C18H18O5S. The highest BCUT2D eigenvalue weighted by molar-refractivity contribution is 7.84. The lowest BCUT2D eigenvalue weighted by molar-refractivity contribution is 0.0554. The molecule has 0 aliphatic rings. The fraction of sp³-hybridized carbons (Fsp3) is 0.222. The van der Waals surface area contributed by atoms with Gasteiger partial charge in [-0.05, 0) is 36.2 Å². The van der Waals surface area contributed by atoms with Gasteiger partial charge in [0.25, 0.3) is 0 Å². The second-order valence-electron chi connectivity index (χ2n) is 5.07. The zero-order valence-electron chi connectivity index (χ0n) is 13.7. The van der Waals surface area contributed by atoms with Crippen molar-refractivity contribution in [3.63, 3.8) is 0 Å². The Balaban J connectivity index is 2.53. The Hall–Kier alpha value is -2.47. The Morgan fingerprint density at radius 1 is 0.958 bits per heavy atom. The van der Waals surface area contributed by atoms with Crippen molar-refractivity contribution in [2.24, 2.45) is 0 Å². The number of hydrogen-bond donors (Lipinski definition) is 0. The van der Waals surface area contributed by atoms with E-state index < -0.39 is 22.7 Å². The summed E-state index contributed by atoms with van der Waals surface area (Å²) in [5, 5.41) is 0. The molecule has 2 rings (SSSR count). The zero-order chi connectivity index (χ0) is 17.7. The van der Waals surface area contributed by atoms with Gasteiger partial charge in [-0.2, -0.15) is 0 Å². The van der Waals surface area contributed by atoms with Crippen LogP contribution >= 0.6 is 0 Å². The Morgan fingerprint density at radius 3 is 2.17 bits per heavy atom. The van der Waals surface area contributed by atoms with E-state index in [1.54, 1.807) is 37.3 Å². The number of ether oxygens (including phenoxy) is 2. The molecule has 5 nitrogen and oxygen atoms in total. The van der Waals surface area contributed by atoms with Crippen molar-refractivity contribution >= 4 is 22.7 Å². The largest absolute Gasteiger partial charge is 0.465 e. The molecule has 0 N–H and O–H groups in total. The fourth-order valence-electron chi connectivity index (χ4n) is 2.34. The zero-order valence-corrected chi connectivity index (χ0v) is 14.5. The SMILES string of the molecule is COC(=O)c1ccc(C)c(CS(=O)c2ccccc2)c1C(=O)OC. The van der Waals surface area contributed by atoms with Crippen molar-refractivity contribution in [3.8, 4) is 0 Å². The van der Waals surface area contributed by atoms with Crippen LogP contribution < -0.4 is 0 Å². The van der Waals surface area contributed by atoms with E-state index in [2.05, 4.69) is 0 Å². The van der Waals surface area contributed by atoms with Gasteiger partial charge in [0.2, 0.25) is 0 Å². The molecule has 6 heteroatoms. The third-order valence-electron chi connectivity index (χ3n) is 3.62. The molecule has 0 saturated heterocycles. The van der Waals surface area contributed by atoms with E-state index in [1.807, 2.05) is 6.07 Å². The first kappa shape index (κ1) is 17.9. The quantitative estimate of drug-likeness (QED) is 0.779. The maximum Gasteiger partial charge on any atom is 0.339 e. The van der Waals surface area contributed by atoms with Crippen LogP contribution in [0.1, 0.15) is 31.8 Å². The van der Waals surface area contributed by atoms with E-state index in [-0.39, 0.29) is 16.9 Å². The summed E-state index contributed by atoms with van der Waals surface area (Å²) in [7, 11) is 1.12. The summed E-state index contributed by atoms with van der Waals surface area (Å²) in [6, 6.07) is 12.2. The van der Waals surface area contributed by atoms with E-state index in [0.29, 0.717) is 10.5 Å². The summed E-state index contributed by atoms with van der Waals surface area (Å²) in [5.41, 5.74) is 1.49. The third-order valence-corrected chi connectivity index (χ3v) is 4.97. The van der Waals surface area contributed by atoms with Crippen LogP contribution in [0.4, 0.5) is 0 Å². The molecule has 1 atom stereocenters. The predicted molar refractivity (Wildman–Crippen MR) is 90.4 cm³/mol. The van der Waals surface area contributed by atoms with Gasteiger partial charge in [0, 0.05) is 4.90 Å². The van der Waals surface area contributed by atoms with Crippen molar-refractivity contribution in [2.45, 2.75) is 17.6 Å². The molecule has 0 radical (unpaired) electrons. The molecule has 0 aliphatic carbocycles. The second-order valence-corrected chi connectivity index (χ2v) is 6.52. The number of rotatable bonds is 5. The number of carbonyl (C=O) groups excluding carboxylic acids is 2. The molecule has 0 fully saturated rings.